The van der Waals surface area contributed by atoms with Gasteiger partial charge in [-0.3, -0.25) is 9.97 Å². The highest BCUT2D eigenvalue weighted by Crippen LogP contribution is 2.38. The van der Waals surface area contributed by atoms with E-state index in [1.165, 1.54) is 41.3 Å². The Balaban J connectivity index is 0.000000171. The van der Waals surface area contributed by atoms with Crippen molar-refractivity contribution in [3.05, 3.63) is 155 Å². The molecule has 0 spiro atoms. The average Bonchev–Trinajstić information content (AvgIpc) is 4.02. The Labute approximate surface area is 330 Å². The fraction of sp³-hybridized carbons (Fsp3) is 0.105. The highest BCUT2D eigenvalue weighted by Gasteiger charge is 2.25. The molecule has 54 heavy (non-hydrogen) atoms. The number of thiazole rings is 2. The van der Waals surface area contributed by atoms with Gasteiger partial charge in [-0.05, 0) is 59.7 Å². The highest BCUT2D eigenvalue weighted by atomic mass is 35.5. The lowest BCUT2D eigenvalue weighted by atomic mass is 10.1. The summed E-state index contributed by atoms with van der Waals surface area (Å²) in [4.78, 5) is 31.1. The van der Waals surface area contributed by atoms with E-state index < -0.39 is 10.2 Å². The van der Waals surface area contributed by atoms with E-state index in [4.69, 9.17) is 33.2 Å². The van der Waals surface area contributed by atoms with Crippen molar-refractivity contribution in [2.45, 2.75) is 12.8 Å². The van der Waals surface area contributed by atoms with Gasteiger partial charge in [0.15, 0.2) is 0 Å². The van der Waals surface area contributed by atoms with Crippen LogP contribution in [-0.4, -0.2) is 65.7 Å². The van der Waals surface area contributed by atoms with E-state index in [9.17, 15) is 8.42 Å². The molecule has 0 amide bonds. The van der Waals surface area contributed by atoms with Crippen LogP contribution in [0.2, 0.25) is 10.0 Å². The number of benzene rings is 2. The largest absolute Gasteiger partial charge is 0.344 e. The van der Waals surface area contributed by atoms with E-state index >= 15 is 0 Å². The van der Waals surface area contributed by atoms with E-state index in [1.807, 2.05) is 79.0 Å². The minimum absolute atomic E-state index is 0.477. The van der Waals surface area contributed by atoms with Crippen molar-refractivity contribution in [1.29, 1.82) is 0 Å². The maximum absolute atomic E-state index is 12.8. The van der Waals surface area contributed by atoms with Gasteiger partial charge in [0, 0.05) is 72.9 Å². The molecule has 272 valence electrons. The molecule has 0 aliphatic carbocycles. The number of aromatic amines is 1. The molecule has 0 saturated heterocycles. The molecule has 11 nitrogen and oxygen atoms in total. The Bertz CT molecular complexity index is 2560. The van der Waals surface area contributed by atoms with Crippen LogP contribution < -0.4 is 0 Å². The molecule has 0 radical (unpaired) electrons. The van der Waals surface area contributed by atoms with Gasteiger partial charge in [-0.15, -0.1) is 22.7 Å². The van der Waals surface area contributed by atoms with Crippen molar-refractivity contribution in [2.24, 2.45) is 0 Å². The second kappa shape index (κ2) is 16.5. The van der Waals surface area contributed by atoms with Gasteiger partial charge in [-0.2, -0.15) is 12.7 Å². The van der Waals surface area contributed by atoms with Crippen LogP contribution in [0.5, 0.6) is 0 Å². The van der Waals surface area contributed by atoms with Crippen LogP contribution in [0, 0.1) is 0 Å². The van der Waals surface area contributed by atoms with Crippen molar-refractivity contribution < 1.29 is 8.42 Å². The van der Waals surface area contributed by atoms with Crippen LogP contribution in [0.3, 0.4) is 0 Å². The zero-order valence-corrected chi connectivity index (χ0v) is 32.8. The van der Waals surface area contributed by atoms with Crippen LogP contribution in [0.25, 0.3) is 42.3 Å². The first-order chi connectivity index (χ1) is 26.2. The van der Waals surface area contributed by atoms with Crippen LogP contribution in [0.4, 0.5) is 0 Å². The lowest BCUT2D eigenvalue weighted by Gasteiger charge is -2.14. The van der Waals surface area contributed by atoms with Crippen molar-refractivity contribution in [2.75, 3.05) is 14.1 Å². The molecular formula is C38H31Cl2N9O2S3. The van der Waals surface area contributed by atoms with Gasteiger partial charge in [0.05, 0.1) is 51.3 Å². The SMILES string of the molecule is CN(C)S(=O)(=O)n1cncc1-c1sc(-c2ccncc2)nc1Cc1ccc(Cl)cc1.Clc1ccc(Cc2nc(-c3ccncc3)sc2-c2cnc[nH]2)cc1. The summed E-state index contributed by atoms with van der Waals surface area (Å²) in [5.41, 5.74) is 7.43. The van der Waals surface area contributed by atoms with Crippen LogP contribution in [-0.2, 0) is 23.1 Å². The molecule has 2 aromatic carbocycles. The molecular weight excluding hydrogens is 782 g/mol. The Morgan fingerprint density at radius 2 is 1.17 bits per heavy atom. The normalized spacial score (nSPS) is 11.4. The fourth-order valence-corrected chi connectivity index (χ4v) is 8.74. The summed E-state index contributed by atoms with van der Waals surface area (Å²) in [7, 11) is -0.746. The first-order valence-corrected chi connectivity index (χ1v) is 20.2. The van der Waals surface area contributed by atoms with Gasteiger partial charge < -0.3 is 4.98 Å². The topological polar surface area (TPSA) is 135 Å². The molecule has 6 aromatic heterocycles. The van der Waals surface area contributed by atoms with Gasteiger partial charge in [-0.25, -0.2) is 23.9 Å². The van der Waals surface area contributed by atoms with Crippen molar-refractivity contribution in [3.8, 4) is 42.3 Å². The maximum atomic E-state index is 12.8. The Morgan fingerprint density at radius 1 is 0.667 bits per heavy atom. The molecule has 0 unspecified atom stereocenters. The summed E-state index contributed by atoms with van der Waals surface area (Å²) in [6.45, 7) is 0. The summed E-state index contributed by atoms with van der Waals surface area (Å²) < 4.78 is 27.9. The molecule has 0 saturated carbocycles. The van der Waals surface area contributed by atoms with E-state index in [2.05, 4.69) is 24.9 Å². The van der Waals surface area contributed by atoms with Crippen LogP contribution >= 0.6 is 45.9 Å². The van der Waals surface area contributed by atoms with E-state index in [0.717, 1.165) is 69.3 Å². The lowest BCUT2D eigenvalue weighted by Crippen LogP contribution is -2.28. The molecule has 16 heteroatoms. The lowest BCUT2D eigenvalue weighted by molar-refractivity contribution is 0.511. The number of rotatable bonds is 10. The third kappa shape index (κ3) is 8.49. The quantitative estimate of drug-likeness (QED) is 0.145. The average molecular weight is 813 g/mol. The molecule has 6 heterocycles. The summed E-state index contributed by atoms with van der Waals surface area (Å²) >= 11 is 15.1. The number of hydrogen-bond acceptors (Lipinski definition) is 10. The highest BCUT2D eigenvalue weighted by molar-refractivity contribution is 7.87. The number of aromatic nitrogens is 8. The minimum atomic E-state index is -3.72. The first-order valence-electron chi connectivity index (χ1n) is 16.4. The van der Waals surface area contributed by atoms with Crippen molar-refractivity contribution in [1.82, 2.24) is 43.2 Å². The number of nitrogens with zero attached hydrogens (tertiary/aromatic N) is 8. The summed E-state index contributed by atoms with van der Waals surface area (Å²) in [6, 6.07) is 23.1. The fourth-order valence-electron chi connectivity index (χ4n) is 5.36. The van der Waals surface area contributed by atoms with Gasteiger partial charge >= 0.3 is 10.2 Å². The minimum Gasteiger partial charge on any atom is -0.344 e. The van der Waals surface area contributed by atoms with Gasteiger partial charge in [0.1, 0.15) is 16.3 Å². The number of imidazole rings is 2. The Morgan fingerprint density at radius 3 is 1.65 bits per heavy atom. The third-order valence-electron chi connectivity index (χ3n) is 8.11. The maximum Gasteiger partial charge on any atom is 0.308 e. The molecule has 8 aromatic rings. The zero-order valence-electron chi connectivity index (χ0n) is 28.8. The van der Waals surface area contributed by atoms with Gasteiger partial charge in [0.2, 0.25) is 0 Å². The molecule has 0 fully saturated rings. The molecule has 0 bridgehead atoms. The van der Waals surface area contributed by atoms with Crippen molar-refractivity contribution in [3.63, 3.8) is 0 Å². The van der Waals surface area contributed by atoms with E-state index in [1.54, 1.807) is 48.6 Å². The van der Waals surface area contributed by atoms with Crippen molar-refractivity contribution >= 4 is 56.1 Å². The number of hydrogen-bond donors (Lipinski definition) is 1. The zero-order chi connectivity index (χ0) is 37.7. The Kier molecular flexibility index (Phi) is 11.4. The number of halogens is 2. The standard InChI is InChI=1S/C20H18ClN5O2S2.C18H13ClN4S/c1-25(2)30(27,28)26-13-23-12-18(26)19-17(11-14-3-5-16(21)6-4-14)24-20(29-19)15-7-9-22-10-8-15;19-14-3-1-12(2-4-14)9-15-17(16-10-21-11-22-16)24-18(23-15)13-5-7-20-8-6-13/h3-10,12-13H,11H2,1-2H3;1-8,10-11H,9H2,(H,21,22). The molecule has 1 N–H and O–H groups in total. The summed E-state index contributed by atoms with van der Waals surface area (Å²) in [5, 5.41) is 3.16. The van der Waals surface area contributed by atoms with E-state index in [-0.39, 0.29) is 0 Å². The predicted molar refractivity (Wildman–Crippen MR) is 216 cm³/mol. The Hall–Kier alpha value is -5.09. The molecule has 0 aliphatic heterocycles. The molecule has 0 aliphatic rings. The number of H-pyrrole nitrogens is 1. The van der Waals surface area contributed by atoms with Crippen LogP contribution in [0.1, 0.15) is 22.5 Å². The molecule has 8 rings (SSSR count). The second-order valence-electron chi connectivity index (χ2n) is 12.0. The number of nitrogens with one attached hydrogen (secondary N) is 1. The predicted octanol–water partition coefficient (Wildman–Crippen LogP) is 8.81. The molecule has 0 atom stereocenters. The monoisotopic (exact) mass is 811 g/mol. The van der Waals surface area contributed by atoms with E-state index in [0.29, 0.717) is 17.1 Å². The van der Waals surface area contributed by atoms with Gasteiger partial charge in [-0.1, -0.05) is 47.5 Å². The first kappa shape index (κ1) is 37.2. The number of pyridine rings is 2. The third-order valence-corrected chi connectivity index (χ3v) is 12.7. The second-order valence-corrected chi connectivity index (χ2v) is 16.9. The summed E-state index contributed by atoms with van der Waals surface area (Å²) in [5.74, 6) is 0. The van der Waals surface area contributed by atoms with Gasteiger partial charge in [0.25, 0.3) is 0 Å². The smallest absolute Gasteiger partial charge is 0.308 e. The van der Waals surface area contributed by atoms with Crippen LogP contribution in [0.15, 0.2) is 123 Å². The summed E-state index contributed by atoms with van der Waals surface area (Å²) in [6.07, 6.45) is 14.6.